The quantitative estimate of drug-likeness (QED) is 0.510. The molecule has 0 spiro atoms. The van der Waals surface area contributed by atoms with Gasteiger partial charge in [-0.1, -0.05) is 11.6 Å². The molecule has 1 aromatic carbocycles. The van der Waals surface area contributed by atoms with Crippen molar-refractivity contribution in [1.29, 1.82) is 0 Å². The Hall–Kier alpha value is -0.190. The van der Waals surface area contributed by atoms with Gasteiger partial charge in [0.25, 0.3) is 0 Å². The van der Waals surface area contributed by atoms with E-state index in [1.165, 1.54) is 6.07 Å². The number of benzene rings is 1. The molecule has 1 heterocycles. The molecule has 2 nitrogen and oxygen atoms in total. The number of thiol groups is 1. The second kappa shape index (κ2) is 2.15. The molecule has 0 aromatic heterocycles. The van der Waals surface area contributed by atoms with E-state index in [4.69, 9.17) is 16.7 Å². The van der Waals surface area contributed by atoms with Crippen molar-refractivity contribution in [2.75, 3.05) is 0 Å². The first-order valence-corrected chi connectivity index (χ1v) is 4.76. The lowest BCUT2D eigenvalue weighted by atomic mass is 10.3. The molecule has 0 radical (unpaired) electrons. The minimum Gasteiger partial charge on any atom is -0.506 e. The second-order valence-electron chi connectivity index (χ2n) is 2.15. The first-order valence-electron chi connectivity index (χ1n) is 2.79. The fraction of sp³-hybridized carbons (Fsp3) is 0. The molecule has 1 aromatic rings. The van der Waals surface area contributed by atoms with Crippen molar-refractivity contribution in [1.82, 2.24) is 0 Å². The summed E-state index contributed by atoms with van der Waals surface area (Å²) >= 11 is 9.63. The van der Waals surface area contributed by atoms with E-state index < -0.39 is 10.8 Å². The number of fused-ring (bicyclic) bond motifs is 1. The Morgan fingerprint density at radius 1 is 1.64 bits per heavy atom. The van der Waals surface area contributed by atoms with Gasteiger partial charge in [0.2, 0.25) is 0 Å². The monoisotopic (exact) mass is 206 g/mol. The van der Waals surface area contributed by atoms with Gasteiger partial charge >= 0.3 is 0 Å². The lowest BCUT2D eigenvalue weighted by Crippen LogP contribution is -1.68. The average molecular weight is 207 g/mol. The molecule has 1 unspecified atom stereocenters. The van der Waals surface area contributed by atoms with Crippen LogP contribution in [0, 0.1) is 0 Å². The van der Waals surface area contributed by atoms with E-state index in [1.54, 1.807) is 0 Å². The largest absolute Gasteiger partial charge is 0.506 e. The number of hydrogen-bond donors (Lipinski definition) is 2. The summed E-state index contributed by atoms with van der Waals surface area (Å²) in [5, 5.41) is 9.30. The summed E-state index contributed by atoms with van der Waals surface area (Å²) in [7, 11) is -1.07. The van der Waals surface area contributed by atoms with Crippen molar-refractivity contribution < 1.29 is 9.32 Å². The molecule has 11 heavy (non-hydrogen) atoms. The van der Waals surface area contributed by atoms with E-state index in [0.29, 0.717) is 14.7 Å². The second-order valence-corrected chi connectivity index (χ2v) is 4.36. The Bertz CT molecular complexity index is 375. The predicted molar refractivity (Wildman–Crippen MR) is 45.0 cm³/mol. The molecule has 0 saturated heterocycles. The molecular weight excluding hydrogens is 204 g/mol. The van der Waals surface area contributed by atoms with E-state index >= 15 is 0 Å². The zero-order chi connectivity index (χ0) is 8.17. The molecule has 0 amide bonds. The summed E-state index contributed by atoms with van der Waals surface area (Å²) < 4.78 is 11.0. The van der Waals surface area contributed by atoms with Gasteiger partial charge in [0.1, 0.15) is 5.75 Å². The Morgan fingerprint density at radius 3 is 2.91 bits per heavy atom. The van der Waals surface area contributed by atoms with Gasteiger partial charge in [-0.05, 0) is 6.07 Å². The van der Waals surface area contributed by atoms with Crippen LogP contribution in [0.25, 0.3) is 0 Å². The topological polar surface area (TPSA) is 37.3 Å². The molecule has 0 aliphatic carbocycles. The molecule has 1 aliphatic heterocycles. The molecule has 0 fully saturated rings. The predicted octanol–water partition coefficient (Wildman–Crippen LogP) is 1.81. The van der Waals surface area contributed by atoms with E-state index in [2.05, 4.69) is 12.6 Å². The zero-order valence-corrected chi connectivity index (χ0v) is 7.63. The van der Waals surface area contributed by atoms with Crippen molar-refractivity contribution in [3.05, 3.63) is 11.1 Å². The van der Waals surface area contributed by atoms with Crippen LogP contribution < -0.4 is 0 Å². The van der Waals surface area contributed by atoms with Crippen LogP contribution in [0.3, 0.4) is 0 Å². The Labute approximate surface area is 76.1 Å². The minimum absolute atomic E-state index is 0.0544. The highest BCUT2D eigenvalue weighted by molar-refractivity contribution is 7.92. The van der Waals surface area contributed by atoms with E-state index in [1.807, 2.05) is 0 Å². The molecule has 5 heteroatoms. The van der Waals surface area contributed by atoms with Crippen molar-refractivity contribution in [3.63, 3.8) is 0 Å². The minimum atomic E-state index is -1.07. The average Bonchev–Trinajstić information content (AvgIpc) is 2.57. The maximum atomic E-state index is 11.0. The van der Waals surface area contributed by atoms with Gasteiger partial charge < -0.3 is 5.11 Å². The lowest BCUT2D eigenvalue weighted by molar-refractivity contribution is 0.472. The normalized spacial score (nSPS) is 19.6. The van der Waals surface area contributed by atoms with E-state index in [-0.39, 0.29) is 10.8 Å². The SMILES string of the molecule is O=S1c2cc(O)c(Cl)c(S)c21. The van der Waals surface area contributed by atoms with Crippen LogP contribution in [0.1, 0.15) is 0 Å². The Morgan fingerprint density at radius 2 is 2.27 bits per heavy atom. The first kappa shape index (κ1) is 7.46. The highest BCUT2D eigenvalue weighted by Crippen LogP contribution is 2.47. The third kappa shape index (κ3) is 0.898. The Kier molecular flexibility index (Phi) is 1.46. The first-order chi connectivity index (χ1) is 5.13. The fourth-order valence-electron chi connectivity index (χ4n) is 0.878. The van der Waals surface area contributed by atoms with Gasteiger partial charge in [0.05, 0.1) is 25.6 Å². The number of halogens is 1. The maximum absolute atomic E-state index is 11.0. The van der Waals surface area contributed by atoms with Crippen molar-refractivity contribution in [2.24, 2.45) is 0 Å². The molecule has 1 atom stereocenters. The number of rotatable bonds is 0. The summed E-state index contributed by atoms with van der Waals surface area (Å²) in [6, 6.07) is 1.41. The molecule has 2 rings (SSSR count). The summed E-state index contributed by atoms with van der Waals surface area (Å²) in [5.41, 5.74) is 0. The van der Waals surface area contributed by atoms with Crippen LogP contribution in [0.15, 0.2) is 20.8 Å². The van der Waals surface area contributed by atoms with Crippen molar-refractivity contribution >= 4 is 35.0 Å². The Balaban J connectivity index is 2.77. The van der Waals surface area contributed by atoms with E-state index in [0.717, 1.165) is 0 Å². The van der Waals surface area contributed by atoms with Crippen LogP contribution in [0.5, 0.6) is 5.75 Å². The highest BCUT2D eigenvalue weighted by atomic mass is 35.5. The highest BCUT2D eigenvalue weighted by Gasteiger charge is 2.34. The third-order valence-electron chi connectivity index (χ3n) is 1.48. The molecule has 58 valence electrons. The zero-order valence-electron chi connectivity index (χ0n) is 5.17. The van der Waals surface area contributed by atoms with Gasteiger partial charge in [-0.25, -0.2) is 4.21 Å². The van der Waals surface area contributed by atoms with Gasteiger partial charge in [-0.15, -0.1) is 12.6 Å². The number of hydrogen-bond acceptors (Lipinski definition) is 3. The van der Waals surface area contributed by atoms with Crippen molar-refractivity contribution in [2.45, 2.75) is 14.7 Å². The van der Waals surface area contributed by atoms with Crippen LogP contribution in [0.4, 0.5) is 0 Å². The number of phenols is 1. The van der Waals surface area contributed by atoms with Gasteiger partial charge in [0, 0.05) is 4.90 Å². The van der Waals surface area contributed by atoms with Crippen LogP contribution in [-0.2, 0) is 10.8 Å². The van der Waals surface area contributed by atoms with Gasteiger partial charge in [-0.2, -0.15) is 0 Å². The smallest absolute Gasteiger partial charge is 0.136 e. The fourth-order valence-corrected chi connectivity index (χ4v) is 2.69. The number of aromatic hydroxyl groups is 1. The third-order valence-corrected chi connectivity index (χ3v) is 3.91. The summed E-state index contributed by atoms with van der Waals surface area (Å²) in [6.45, 7) is 0. The van der Waals surface area contributed by atoms with Crippen LogP contribution >= 0.6 is 24.2 Å². The molecule has 0 saturated carbocycles. The van der Waals surface area contributed by atoms with Gasteiger partial charge in [-0.3, -0.25) is 0 Å². The van der Waals surface area contributed by atoms with Gasteiger partial charge in [0.15, 0.2) is 0 Å². The maximum Gasteiger partial charge on any atom is 0.136 e. The lowest BCUT2D eigenvalue weighted by Gasteiger charge is -1.94. The molecule has 0 bridgehead atoms. The summed E-state index contributed by atoms with van der Waals surface area (Å²) in [6.07, 6.45) is 0. The van der Waals surface area contributed by atoms with Crippen molar-refractivity contribution in [3.8, 4) is 5.75 Å². The molecule has 1 N–H and O–H groups in total. The standard InChI is InChI=1S/C6H3ClO2S2/c7-4-2(8)1-3-6(5(4)10)11(3)9/h1,8,10H. The van der Waals surface area contributed by atoms with E-state index in [9.17, 15) is 4.21 Å². The molecule has 1 aliphatic rings. The van der Waals surface area contributed by atoms with Crippen LogP contribution in [0.2, 0.25) is 5.02 Å². The summed E-state index contributed by atoms with van der Waals surface area (Å²) in [5.74, 6) is -0.0544. The molecular formula is C6H3ClO2S2. The number of phenolic OH excluding ortho intramolecular Hbond substituents is 1. The summed E-state index contributed by atoms with van der Waals surface area (Å²) in [4.78, 5) is 1.72. The van der Waals surface area contributed by atoms with Crippen LogP contribution in [-0.4, -0.2) is 9.32 Å².